The van der Waals surface area contributed by atoms with Gasteiger partial charge >= 0.3 is 12.0 Å². The predicted octanol–water partition coefficient (Wildman–Crippen LogP) is 0.995. The van der Waals surface area contributed by atoms with Crippen molar-refractivity contribution in [3.63, 3.8) is 0 Å². The quantitative estimate of drug-likeness (QED) is 0.729. The molecule has 0 atom stereocenters. The van der Waals surface area contributed by atoms with Crippen LogP contribution in [0.2, 0.25) is 0 Å². The molecule has 0 unspecified atom stereocenters. The number of esters is 1. The Morgan fingerprint density at radius 1 is 0.885 bits per heavy atom. The summed E-state index contributed by atoms with van der Waals surface area (Å²) in [5.41, 5.74) is 0.299. The van der Waals surface area contributed by atoms with Crippen LogP contribution in [0.15, 0.2) is 29.2 Å². The molecule has 26 heavy (non-hydrogen) atoms. The van der Waals surface area contributed by atoms with Gasteiger partial charge in [-0.3, -0.25) is 0 Å². The number of ether oxygens (including phenoxy) is 1. The van der Waals surface area contributed by atoms with Crippen molar-refractivity contribution in [2.75, 3.05) is 46.4 Å². The summed E-state index contributed by atoms with van der Waals surface area (Å²) in [5.74, 6) is -0.511. The van der Waals surface area contributed by atoms with Crippen LogP contribution in [-0.2, 0) is 14.8 Å². The third-order valence-electron chi connectivity index (χ3n) is 4.80. The third-order valence-corrected chi connectivity index (χ3v) is 6.71. The topological polar surface area (TPSA) is 87.2 Å². The Labute approximate surface area is 153 Å². The van der Waals surface area contributed by atoms with Crippen molar-refractivity contribution in [1.29, 1.82) is 0 Å². The number of methoxy groups -OCH3 is 1. The Balaban J connectivity index is 1.64. The van der Waals surface area contributed by atoms with Crippen molar-refractivity contribution in [1.82, 2.24) is 14.1 Å². The molecule has 0 saturated carbocycles. The Morgan fingerprint density at radius 2 is 1.42 bits per heavy atom. The zero-order chi connectivity index (χ0) is 18.7. The summed E-state index contributed by atoms with van der Waals surface area (Å²) in [5, 5.41) is 0. The fraction of sp³-hybridized carbons (Fsp3) is 0.529. The lowest BCUT2D eigenvalue weighted by Gasteiger charge is -2.36. The standard InChI is InChI=1S/C17H23N3O5S/c1-25-16(21)14-4-6-15(7-5-14)26(23,24)20-12-10-19(11-13-20)17(22)18-8-2-3-9-18/h4-7H,2-3,8-13H2,1H3. The summed E-state index contributed by atoms with van der Waals surface area (Å²) >= 11 is 0. The molecule has 8 nitrogen and oxygen atoms in total. The first kappa shape index (κ1) is 18.7. The van der Waals surface area contributed by atoms with Gasteiger partial charge in [-0.05, 0) is 37.1 Å². The summed E-state index contributed by atoms with van der Waals surface area (Å²) in [6.45, 7) is 2.86. The second kappa shape index (κ2) is 7.63. The fourth-order valence-electron chi connectivity index (χ4n) is 3.26. The number of sulfonamides is 1. The molecule has 0 aliphatic carbocycles. The largest absolute Gasteiger partial charge is 0.465 e. The van der Waals surface area contributed by atoms with E-state index in [1.807, 2.05) is 4.90 Å². The van der Waals surface area contributed by atoms with Crippen molar-refractivity contribution in [2.24, 2.45) is 0 Å². The minimum Gasteiger partial charge on any atom is -0.465 e. The van der Waals surface area contributed by atoms with E-state index in [2.05, 4.69) is 4.74 Å². The lowest BCUT2D eigenvalue weighted by molar-refractivity contribution is 0.0600. The van der Waals surface area contributed by atoms with E-state index in [1.165, 1.54) is 35.7 Å². The monoisotopic (exact) mass is 381 g/mol. The van der Waals surface area contributed by atoms with Crippen molar-refractivity contribution < 1.29 is 22.7 Å². The Hall–Kier alpha value is -2.13. The maximum absolute atomic E-state index is 12.8. The maximum atomic E-state index is 12.8. The molecule has 2 aliphatic heterocycles. The predicted molar refractivity (Wildman–Crippen MR) is 94.3 cm³/mol. The van der Waals surface area contributed by atoms with Gasteiger partial charge in [-0.2, -0.15) is 4.31 Å². The molecule has 9 heteroatoms. The van der Waals surface area contributed by atoms with Gasteiger partial charge in [-0.25, -0.2) is 18.0 Å². The number of benzene rings is 1. The minimum absolute atomic E-state index is 0.00183. The molecule has 0 bridgehead atoms. The molecule has 0 aromatic heterocycles. The van der Waals surface area contributed by atoms with E-state index in [4.69, 9.17) is 0 Å². The van der Waals surface area contributed by atoms with Crippen molar-refractivity contribution in [2.45, 2.75) is 17.7 Å². The van der Waals surface area contributed by atoms with E-state index in [9.17, 15) is 18.0 Å². The van der Waals surface area contributed by atoms with Gasteiger partial charge in [0.15, 0.2) is 0 Å². The van der Waals surface area contributed by atoms with E-state index < -0.39 is 16.0 Å². The molecule has 2 saturated heterocycles. The van der Waals surface area contributed by atoms with Crippen LogP contribution >= 0.6 is 0 Å². The Kier molecular flexibility index (Phi) is 5.47. The zero-order valence-electron chi connectivity index (χ0n) is 14.8. The number of amides is 2. The zero-order valence-corrected chi connectivity index (χ0v) is 15.6. The van der Waals surface area contributed by atoms with Gasteiger partial charge in [-0.1, -0.05) is 0 Å². The molecular formula is C17H23N3O5S. The first-order chi connectivity index (χ1) is 12.4. The number of hydrogen-bond donors (Lipinski definition) is 0. The van der Waals surface area contributed by atoms with Crippen LogP contribution in [0.4, 0.5) is 4.79 Å². The molecule has 2 heterocycles. The lowest BCUT2D eigenvalue weighted by Crippen LogP contribution is -2.53. The molecule has 2 fully saturated rings. The molecule has 3 rings (SSSR count). The van der Waals surface area contributed by atoms with E-state index in [0.29, 0.717) is 18.7 Å². The summed E-state index contributed by atoms with van der Waals surface area (Å²) in [7, 11) is -2.38. The van der Waals surface area contributed by atoms with Gasteiger partial charge in [0.05, 0.1) is 17.6 Å². The van der Waals surface area contributed by atoms with Gasteiger partial charge in [0.2, 0.25) is 10.0 Å². The number of urea groups is 1. The molecule has 2 aliphatic rings. The van der Waals surface area contributed by atoms with Crippen LogP contribution in [0, 0.1) is 0 Å². The molecular weight excluding hydrogens is 358 g/mol. The van der Waals surface area contributed by atoms with Gasteiger partial charge in [-0.15, -0.1) is 0 Å². The average molecular weight is 381 g/mol. The normalized spacial score (nSPS) is 18.8. The summed E-state index contributed by atoms with van der Waals surface area (Å²) in [6.07, 6.45) is 2.06. The van der Waals surface area contributed by atoms with Crippen LogP contribution < -0.4 is 0 Å². The highest BCUT2D eigenvalue weighted by Gasteiger charge is 2.32. The number of hydrogen-bond acceptors (Lipinski definition) is 5. The molecule has 2 amide bonds. The molecule has 1 aromatic carbocycles. The average Bonchev–Trinajstić information content (AvgIpc) is 3.21. The Morgan fingerprint density at radius 3 is 1.96 bits per heavy atom. The highest BCUT2D eigenvalue weighted by Crippen LogP contribution is 2.20. The summed E-state index contributed by atoms with van der Waals surface area (Å²) in [6, 6.07) is 5.69. The number of rotatable bonds is 3. The smallest absolute Gasteiger partial charge is 0.337 e. The van der Waals surface area contributed by atoms with E-state index in [0.717, 1.165) is 25.9 Å². The molecule has 142 valence electrons. The van der Waals surface area contributed by atoms with E-state index >= 15 is 0 Å². The first-order valence-electron chi connectivity index (χ1n) is 8.66. The van der Waals surface area contributed by atoms with Crippen LogP contribution in [0.5, 0.6) is 0 Å². The number of piperazine rings is 1. The molecule has 0 radical (unpaired) electrons. The van der Waals surface area contributed by atoms with Crippen molar-refractivity contribution in [3.8, 4) is 0 Å². The van der Waals surface area contributed by atoms with Crippen LogP contribution in [0.3, 0.4) is 0 Å². The van der Waals surface area contributed by atoms with E-state index in [-0.39, 0.29) is 24.0 Å². The van der Waals surface area contributed by atoms with E-state index in [1.54, 1.807) is 4.90 Å². The van der Waals surface area contributed by atoms with Gasteiger partial charge in [0.1, 0.15) is 0 Å². The van der Waals surface area contributed by atoms with Crippen molar-refractivity contribution >= 4 is 22.0 Å². The highest BCUT2D eigenvalue weighted by molar-refractivity contribution is 7.89. The number of carbonyl (C=O) groups is 2. The summed E-state index contributed by atoms with van der Waals surface area (Å²) in [4.78, 5) is 27.5. The second-order valence-electron chi connectivity index (χ2n) is 6.38. The van der Waals surface area contributed by atoms with Gasteiger partial charge < -0.3 is 14.5 Å². The number of likely N-dealkylation sites (tertiary alicyclic amines) is 1. The van der Waals surface area contributed by atoms with Crippen LogP contribution in [-0.4, -0.2) is 80.9 Å². The van der Waals surface area contributed by atoms with Crippen LogP contribution in [0.1, 0.15) is 23.2 Å². The highest BCUT2D eigenvalue weighted by atomic mass is 32.2. The third kappa shape index (κ3) is 3.68. The lowest BCUT2D eigenvalue weighted by atomic mass is 10.2. The summed E-state index contributed by atoms with van der Waals surface area (Å²) < 4.78 is 31.5. The molecule has 1 aromatic rings. The SMILES string of the molecule is COC(=O)c1ccc(S(=O)(=O)N2CCN(C(=O)N3CCCC3)CC2)cc1. The number of nitrogens with zero attached hydrogens (tertiary/aromatic N) is 3. The Bertz CT molecular complexity index is 764. The minimum atomic E-state index is -3.65. The first-order valence-corrected chi connectivity index (χ1v) is 10.1. The van der Waals surface area contributed by atoms with Gasteiger partial charge in [0, 0.05) is 39.3 Å². The fourth-order valence-corrected chi connectivity index (χ4v) is 4.68. The van der Waals surface area contributed by atoms with Crippen LogP contribution in [0.25, 0.3) is 0 Å². The second-order valence-corrected chi connectivity index (χ2v) is 8.32. The van der Waals surface area contributed by atoms with Gasteiger partial charge in [0.25, 0.3) is 0 Å². The number of carbonyl (C=O) groups excluding carboxylic acids is 2. The van der Waals surface area contributed by atoms with Crippen molar-refractivity contribution in [3.05, 3.63) is 29.8 Å². The molecule has 0 N–H and O–H groups in total. The maximum Gasteiger partial charge on any atom is 0.337 e. The molecule has 0 spiro atoms.